The quantitative estimate of drug-likeness (QED) is 0.667. The normalized spacial score (nSPS) is 16.8. The van der Waals surface area contributed by atoms with Crippen molar-refractivity contribution in [1.82, 2.24) is 5.43 Å². The minimum absolute atomic E-state index is 0.115. The van der Waals surface area contributed by atoms with Gasteiger partial charge in [-0.1, -0.05) is 17.7 Å². The summed E-state index contributed by atoms with van der Waals surface area (Å²) in [6, 6.07) is 5.59. The molecular weight excluding hydrogens is 291 g/mol. The van der Waals surface area contributed by atoms with E-state index in [1.807, 2.05) is 24.3 Å². The minimum Gasteiger partial charge on any atom is -0.496 e. The number of hydrogen-bond acceptors (Lipinski definition) is 3. The molecule has 0 spiro atoms. The fourth-order valence-electron chi connectivity index (χ4n) is 1.67. The lowest BCUT2D eigenvalue weighted by Gasteiger charge is -2.18. The van der Waals surface area contributed by atoms with Crippen molar-refractivity contribution < 1.29 is 4.74 Å². The molecular formula is C11H12BrClN2O. The SMILES string of the molecule is NNC(C1=CCCO1)c1ccc(Cl)c(Br)c1. The number of nitrogens with two attached hydrogens (primary N) is 1. The number of hydrogen-bond donors (Lipinski definition) is 2. The second kappa shape index (κ2) is 5.19. The molecule has 0 aromatic heterocycles. The summed E-state index contributed by atoms with van der Waals surface area (Å²) in [5.41, 5.74) is 3.77. The predicted molar refractivity (Wildman–Crippen MR) is 67.9 cm³/mol. The van der Waals surface area contributed by atoms with Crippen LogP contribution in [0.25, 0.3) is 0 Å². The fourth-order valence-corrected chi connectivity index (χ4v) is 2.19. The highest BCUT2D eigenvalue weighted by Gasteiger charge is 2.19. The van der Waals surface area contributed by atoms with Gasteiger partial charge in [-0.3, -0.25) is 5.84 Å². The standard InChI is InChI=1S/C11H12BrClN2O/c12-8-6-7(3-4-9(8)13)11(15-14)10-2-1-5-16-10/h2-4,6,11,15H,1,5,14H2. The van der Waals surface area contributed by atoms with E-state index in [1.54, 1.807) is 0 Å². The first-order chi connectivity index (χ1) is 7.72. The lowest BCUT2D eigenvalue weighted by atomic mass is 10.1. The van der Waals surface area contributed by atoms with E-state index in [4.69, 9.17) is 22.2 Å². The fraction of sp³-hybridized carbons (Fsp3) is 0.273. The van der Waals surface area contributed by atoms with Gasteiger partial charge in [-0.15, -0.1) is 0 Å². The monoisotopic (exact) mass is 302 g/mol. The molecule has 3 nitrogen and oxygen atoms in total. The van der Waals surface area contributed by atoms with Crippen LogP contribution in [0.15, 0.2) is 34.5 Å². The van der Waals surface area contributed by atoms with Crippen LogP contribution in [-0.4, -0.2) is 6.61 Å². The first-order valence-electron chi connectivity index (χ1n) is 4.96. The minimum atomic E-state index is -0.115. The van der Waals surface area contributed by atoms with Crippen molar-refractivity contribution in [3.63, 3.8) is 0 Å². The zero-order valence-electron chi connectivity index (χ0n) is 8.54. The Morgan fingerprint density at radius 1 is 1.50 bits per heavy atom. The van der Waals surface area contributed by atoms with Crippen molar-refractivity contribution in [2.45, 2.75) is 12.5 Å². The highest BCUT2D eigenvalue weighted by atomic mass is 79.9. The van der Waals surface area contributed by atoms with Gasteiger partial charge in [0.15, 0.2) is 0 Å². The molecule has 1 unspecified atom stereocenters. The average molecular weight is 304 g/mol. The lowest BCUT2D eigenvalue weighted by molar-refractivity contribution is 0.215. The number of halogens is 2. The average Bonchev–Trinajstić information content (AvgIpc) is 2.78. The molecule has 0 aliphatic carbocycles. The molecule has 0 saturated carbocycles. The van der Waals surface area contributed by atoms with Crippen LogP contribution in [0.5, 0.6) is 0 Å². The number of nitrogens with one attached hydrogen (secondary N) is 1. The third-order valence-electron chi connectivity index (χ3n) is 2.46. The van der Waals surface area contributed by atoms with Crippen LogP contribution < -0.4 is 11.3 Å². The highest BCUT2D eigenvalue weighted by molar-refractivity contribution is 9.10. The van der Waals surface area contributed by atoms with E-state index in [1.165, 1.54) is 0 Å². The molecule has 0 radical (unpaired) electrons. The van der Waals surface area contributed by atoms with Crippen molar-refractivity contribution in [1.29, 1.82) is 0 Å². The summed E-state index contributed by atoms with van der Waals surface area (Å²) < 4.78 is 6.35. The van der Waals surface area contributed by atoms with Gasteiger partial charge in [-0.2, -0.15) is 0 Å². The molecule has 0 saturated heterocycles. The van der Waals surface area contributed by atoms with Crippen LogP contribution in [0.4, 0.5) is 0 Å². The summed E-state index contributed by atoms with van der Waals surface area (Å²) in [7, 11) is 0. The zero-order chi connectivity index (χ0) is 11.5. The first-order valence-corrected chi connectivity index (χ1v) is 6.13. The van der Waals surface area contributed by atoms with Gasteiger partial charge in [-0.25, -0.2) is 5.43 Å². The Labute approximate surface area is 108 Å². The van der Waals surface area contributed by atoms with E-state index in [2.05, 4.69) is 21.4 Å². The van der Waals surface area contributed by atoms with Crippen LogP contribution in [0, 0.1) is 0 Å². The van der Waals surface area contributed by atoms with Crippen molar-refractivity contribution in [3.8, 4) is 0 Å². The molecule has 0 fully saturated rings. The topological polar surface area (TPSA) is 47.3 Å². The van der Waals surface area contributed by atoms with Gasteiger partial charge in [0.2, 0.25) is 0 Å². The molecule has 0 amide bonds. The maximum Gasteiger partial charge on any atom is 0.115 e. The van der Waals surface area contributed by atoms with Crippen LogP contribution in [0.1, 0.15) is 18.0 Å². The largest absolute Gasteiger partial charge is 0.496 e. The van der Waals surface area contributed by atoms with Gasteiger partial charge in [0.25, 0.3) is 0 Å². The van der Waals surface area contributed by atoms with Gasteiger partial charge in [0.1, 0.15) is 11.8 Å². The summed E-state index contributed by atoms with van der Waals surface area (Å²) in [6.07, 6.45) is 2.98. The van der Waals surface area contributed by atoms with Gasteiger partial charge in [0.05, 0.1) is 11.6 Å². The summed E-state index contributed by atoms with van der Waals surface area (Å²) in [5, 5.41) is 0.681. The molecule has 0 bridgehead atoms. The molecule has 1 atom stereocenters. The number of benzene rings is 1. The van der Waals surface area contributed by atoms with E-state index in [9.17, 15) is 0 Å². The highest BCUT2D eigenvalue weighted by Crippen LogP contribution is 2.30. The number of hydrazine groups is 1. The maximum absolute atomic E-state index is 5.94. The first kappa shape index (κ1) is 11.9. The van der Waals surface area contributed by atoms with Crippen molar-refractivity contribution >= 4 is 27.5 Å². The Bertz CT molecular complexity index is 422. The smallest absolute Gasteiger partial charge is 0.115 e. The van der Waals surface area contributed by atoms with Crippen LogP contribution in [-0.2, 0) is 4.74 Å². The molecule has 2 rings (SSSR count). The summed E-state index contributed by atoms with van der Waals surface area (Å²) in [4.78, 5) is 0. The summed E-state index contributed by atoms with van der Waals surface area (Å²) in [6.45, 7) is 0.724. The van der Waals surface area contributed by atoms with Crippen molar-refractivity contribution in [2.24, 2.45) is 5.84 Å². The van der Waals surface area contributed by atoms with Gasteiger partial charge in [-0.05, 0) is 39.7 Å². The van der Waals surface area contributed by atoms with Crippen molar-refractivity contribution in [3.05, 3.63) is 45.1 Å². The van der Waals surface area contributed by atoms with E-state index in [0.29, 0.717) is 5.02 Å². The second-order valence-corrected chi connectivity index (χ2v) is 4.78. The Morgan fingerprint density at radius 2 is 2.31 bits per heavy atom. The Kier molecular flexibility index (Phi) is 3.86. The zero-order valence-corrected chi connectivity index (χ0v) is 10.9. The molecule has 1 aromatic carbocycles. The van der Waals surface area contributed by atoms with Gasteiger partial charge in [0, 0.05) is 10.9 Å². The molecule has 86 valence electrons. The molecule has 3 N–H and O–H groups in total. The van der Waals surface area contributed by atoms with Crippen LogP contribution in [0.3, 0.4) is 0 Å². The van der Waals surface area contributed by atoms with E-state index in [0.717, 1.165) is 28.8 Å². The predicted octanol–water partition coefficient (Wildman–Crippen LogP) is 2.91. The van der Waals surface area contributed by atoms with E-state index >= 15 is 0 Å². The molecule has 1 aliphatic rings. The Balaban J connectivity index is 2.29. The molecule has 1 heterocycles. The van der Waals surface area contributed by atoms with Gasteiger partial charge < -0.3 is 4.74 Å². The number of rotatable bonds is 3. The third kappa shape index (κ3) is 2.40. The Morgan fingerprint density at radius 3 is 2.88 bits per heavy atom. The van der Waals surface area contributed by atoms with E-state index < -0.39 is 0 Å². The van der Waals surface area contributed by atoms with Gasteiger partial charge >= 0.3 is 0 Å². The van der Waals surface area contributed by atoms with E-state index in [-0.39, 0.29) is 6.04 Å². The molecule has 1 aromatic rings. The van der Waals surface area contributed by atoms with Crippen molar-refractivity contribution in [2.75, 3.05) is 6.61 Å². The lowest BCUT2D eigenvalue weighted by Crippen LogP contribution is -2.29. The summed E-state index contributed by atoms with van der Waals surface area (Å²) in [5.74, 6) is 6.43. The molecule has 1 aliphatic heterocycles. The summed E-state index contributed by atoms with van der Waals surface area (Å²) >= 11 is 9.34. The Hall–Kier alpha value is -0.550. The number of ether oxygens (including phenoxy) is 1. The second-order valence-electron chi connectivity index (χ2n) is 3.52. The maximum atomic E-state index is 5.94. The molecule has 16 heavy (non-hydrogen) atoms. The molecule has 5 heteroatoms. The van der Waals surface area contributed by atoms with Crippen LogP contribution in [0.2, 0.25) is 5.02 Å². The van der Waals surface area contributed by atoms with Crippen LogP contribution >= 0.6 is 27.5 Å². The third-order valence-corrected chi connectivity index (χ3v) is 3.67.